The maximum absolute atomic E-state index is 13.7. The number of phenolic OH excluding ortho intramolecular Hbond substituents is 4. The lowest BCUT2D eigenvalue weighted by atomic mass is 9.97. The van der Waals surface area contributed by atoms with Gasteiger partial charge in [-0.3, -0.25) is 4.79 Å². The van der Waals surface area contributed by atoms with Gasteiger partial charge in [-0.15, -0.1) is 0 Å². The molecule has 2 aliphatic heterocycles. The molecule has 0 radical (unpaired) electrons. The standard InChI is InChI=1S/C28H32O18/c1-41-12-5-11-15(18(35)16(12)33)19(36)26(24(42-11)8-2-3-9(31)10(32)4-8)46-28-23(40)21(38)25(14(7-30)44-28)45-27-22(39)20(37)17(34)13(6-29)43-27/h2-5,13-14,17,20-23,25,27-35,37-40H,6-7H2,1H3/t13-,14-,17+,20-,21+,22-,23-,25+,27-,28-/m1/s1. The number of rotatable bonds is 8. The third-order valence-electron chi connectivity index (χ3n) is 7.71. The fourth-order valence-electron chi connectivity index (χ4n) is 5.17. The van der Waals surface area contributed by atoms with Gasteiger partial charge < -0.3 is 84.3 Å². The molecular weight excluding hydrogens is 624 g/mol. The van der Waals surface area contributed by atoms with Crippen LogP contribution in [0.5, 0.6) is 34.5 Å². The number of phenols is 4. The average molecular weight is 657 g/mol. The molecule has 1 aromatic heterocycles. The zero-order valence-electron chi connectivity index (χ0n) is 23.8. The van der Waals surface area contributed by atoms with Crippen molar-refractivity contribution in [2.24, 2.45) is 0 Å². The molecule has 0 saturated carbocycles. The van der Waals surface area contributed by atoms with Gasteiger partial charge in [-0.1, -0.05) is 0 Å². The third kappa shape index (κ3) is 5.75. The normalized spacial score (nSPS) is 31.6. The van der Waals surface area contributed by atoms with E-state index in [0.717, 1.165) is 18.2 Å². The Kier molecular flexibility index (Phi) is 9.47. The van der Waals surface area contributed by atoms with Crippen molar-refractivity contribution in [3.05, 3.63) is 34.5 Å². The van der Waals surface area contributed by atoms with Crippen molar-refractivity contribution < 1.29 is 84.3 Å². The number of benzene rings is 2. The van der Waals surface area contributed by atoms with Crippen molar-refractivity contribution in [3.8, 4) is 45.8 Å². The molecule has 5 rings (SSSR count). The van der Waals surface area contributed by atoms with E-state index in [1.54, 1.807) is 0 Å². The fraction of sp³-hybridized carbons (Fsp3) is 0.464. The van der Waals surface area contributed by atoms with Gasteiger partial charge in [0.25, 0.3) is 0 Å². The minimum absolute atomic E-state index is 0.0655. The molecule has 0 spiro atoms. The molecule has 2 aliphatic rings. The highest BCUT2D eigenvalue weighted by atomic mass is 16.7. The maximum atomic E-state index is 13.7. The van der Waals surface area contributed by atoms with Crippen LogP contribution in [0.1, 0.15) is 0 Å². The van der Waals surface area contributed by atoms with Crippen LogP contribution in [0.15, 0.2) is 33.5 Å². The predicted molar refractivity (Wildman–Crippen MR) is 148 cm³/mol. The topological polar surface area (TPSA) is 299 Å². The van der Waals surface area contributed by atoms with Crippen LogP contribution in [-0.4, -0.2) is 138 Å². The van der Waals surface area contributed by atoms with Crippen LogP contribution in [0, 0.1) is 0 Å². The summed E-state index contributed by atoms with van der Waals surface area (Å²) in [6.45, 7) is -1.70. The highest BCUT2D eigenvalue weighted by Crippen LogP contribution is 2.44. The number of aliphatic hydroxyl groups excluding tert-OH is 7. The molecule has 10 atom stereocenters. The van der Waals surface area contributed by atoms with Crippen LogP contribution in [-0.2, 0) is 14.2 Å². The second-order valence-corrected chi connectivity index (χ2v) is 10.6. The van der Waals surface area contributed by atoms with Crippen molar-refractivity contribution in [2.45, 2.75) is 61.4 Å². The second-order valence-electron chi connectivity index (χ2n) is 10.6. The maximum Gasteiger partial charge on any atom is 0.239 e. The van der Waals surface area contributed by atoms with E-state index in [1.165, 1.54) is 13.2 Å². The van der Waals surface area contributed by atoms with E-state index in [4.69, 9.17) is 28.1 Å². The van der Waals surface area contributed by atoms with Crippen LogP contribution < -0.4 is 14.9 Å². The van der Waals surface area contributed by atoms with Crippen LogP contribution >= 0.6 is 0 Å². The van der Waals surface area contributed by atoms with Crippen molar-refractivity contribution in [1.29, 1.82) is 0 Å². The average Bonchev–Trinajstić information content (AvgIpc) is 3.04. The molecule has 2 aromatic carbocycles. The lowest BCUT2D eigenvalue weighted by Crippen LogP contribution is -2.65. The van der Waals surface area contributed by atoms with E-state index in [2.05, 4.69) is 0 Å². The van der Waals surface area contributed by atoms with Gasteiger partial charge in [-0.25, -0.2) is 0 Å². The highest BCUT2D eigenvalue weighted by Gasteiger charge is 2.51. The Morgan fingerprint density at radius 1 is 0.761 bits per heavy atom. The van der Waals surface area contributed by atoms with Gasteiger partial charge >= 0.3 is 0 Å². The molecule has 0 unspecified atom stereocenters. The van der Waals surface area contributed by atoms with Crippen LogP contribution in [0.25, 0.3) is 22.3 Å². The molecule has 2 fully saturated rings. The number of methoxy groups -OCH3 is 1. The molecule has 18 heteroatoms. The monoisotopic (exact) mass is 656 g/mol. The van der Waals surface area contributed by atoms with Gasteiger partial charge in [0.15, 0.2) is 35.0 Å². The van der Waals surface area contributed by atoms with Gasteiger partial charge in [0.2, 0.25) is 23.2 Å². The number of aromatic hydroxyl groups is 4. The molecule has 0 aliphatic carbocycles. The fourth-order valence-corrected chi connectivity index (χ4v) is 5.17. The molecule has 46 heavy (non-hydrogen) atoms. The smallest absolute Gasteiger partial charge is 0.239 e. The number of hydrogen-bond donors (Lipinski definition) is 11. The summed E-state index contributed by atoms with van der Waals surface area (Å²) in [5, 5.41) is 112. The van der Waals surface area contributed by atoms with Crippen molar-refractivity contribution >= 4 is 11.0 Å². The first-order valence-electron chi connectivity index (χ1n) is 13.7. The Morgan fingerprint density at radius 3 is 2.04 bits per heavy atom. The third-order valence-corrected chi connectivity index (χ3v) is 7.71. The summed E-state index contributed by atoms with van der Waals surface area (Å²) in [5.41, 5.74) is -1.52. The Labute approximate surface area is 257 Å². The number of hydrogen-bond acceptors (Lipinski definition) is 18. The Balaban J connectivity index is 1.52. The summed E-state index contributed by atoms with van der Waals surface area (Å²) < 4.78 is 32.9. The predicted octanol–water partition coefficient (Wildman–Crippen LogP) is -2.71. The van der Waals surface area contributed by atoms with Crippen molar-refractivity contribution in [1.82, 2.24) is 0 Å². The van der Waals surface area contributed by atoms with E-state index in [9.17, 15) is 61.0 Å². The number of ether oxygens (including phenoxy) is 5. The van der Waals surface area contributed by atoms with Gasteiger partial charge in [0.05, 0.1) is 20.3 Å². The lowest BCUT2D eigenvalue weighted by molar-refractivity contribution is -0.352. The minimum atomic E-state index is -2.08. The molecule has 0 bridgehead atoms. The number of aliphatic hydroxyl groups is 7. The molecule has 11 N–H and O–H groups in total. The summed E-state index contributed by atoms with van der Waals surface area (Å²) in [6.07, 6.45) is -17.9. The Hall–Kier alpha value is -3.95. The Bertz CT molecular complexity index is 1620. The molecule has 18 nitrogen and oxygen atoms in total. The van der Waals surface area contributed by atoms with Crippen LogP contribution in [0.2, 0.25) is 0 Å². The second kappa shape index (κ2) is 13.0. The van der Waals surface area contributed by atoms with E-state index in [1.807, 2.05) is 0 Å². The van der Waals surface area contributed by atoms with Crippen LogP contribution in [0.4, 0.5) is 0 Å². The highest BCUT2D eigenvalue weighted by molar-refractivity contribution is 5.91. The Morgan fingerprint density at radius 2 is 1.41 bits per heavy atom. The first kappa shape index (κ1) is 33.4. The van der Waals surface area contributed by atoms with E-state index >= 15 is 0 Å². The summed E-state index contributed by atoms with van der Waals surface area (Å²) in [7, 11) is 1.17. The van der Waals surface area contributed by atoms with Gasteiger partial charge in [0.1, 0.15) is 59.8 Å². The van der Waals surface area contributed by atoms with E-state index in [0.29, 0.717) is 0 Å². The zero-order chi connectivity index (χ0) is 33.6. The van der Waals surface area contributed by atoms with E-state index < -0.39 is 120 Å². The molecule has 2 saturated heterocycles. The summed E-state index contributed by atoms with van der Waals surface area (Å²) in [6, 6.07) is 4.36. The van der Waals surface area contributed by atoms with Gasteiger partial charge in [0, 0.05) is 11.6 Å². The zero-order valence-corrected chi connectivity index (χ0v) is 23.8. The summed E-state index contributed by atoms with van der Waals surface area (Å²) >= 11 is 0. The molecule has 3 heterocycles. The molecule has 3 aromatic rings. The summed E-state index contributed by atoms with van der Waals surface area (Å²) in [5.74, 6) is -4.42. The lowest BCUT2D eigenvalue weighted by Gasteiger charge is -2.45. The first-order chi connectivity index (χ1) is 21.8. The van der Waals surface area contributed by atoms with Crippen molar-refractivity contribution in [2.75, 3.05) is 20.3 Å². The molecular formula is C28H32O18. The van der Waals surface area contributed by atoms with Crippen LogP contribution in [0.3, 0.4) is 0 Å². The van der Waals surface area contributed by atoms with Gasteiger partial charge in [-0.05, 0) is 18.2 Å². The van der Waals surface area contributed by atoms with E-state index in [-0.39, 0.29) is 16.9 Å². The summed E-state index contributed by atoms with van der Waals surface area (Å²) in [4.78, 5) is 13.7. The first-order valence-corrected chi connectivity index (χ1v) is 13.7. The van der Waals surface area contributed by atoms with Gasteiger partial charge in [-0.2, -0.15) is 0 Å². The SMILES string of the molecule is COc1cc2oc(-c3ccc(O)c(O)c3)c(O[C@H]3O[C@H](CO)[C@H](O[C@H]4O[C@H](CO)[C@H](O)[C@@H](O)[C@H]4O)[C@@H](O)[C@H]3O)c(=O)c2c(O)c1O. The van der Waals surface area contributed by atoms with Crippen molar-refractivity contribution in [3.63, 3.8) is 0 Å². The molecule has 0 amide bonds. The molecule has 252 valence electrons. The minimum Gasteiger partial charge on any atom is -0.504 e. The quantitative estimate of drug-likeness (QED) is 0.110. The largest absolute Gasteiger partial charge is 0.504 e. The number of fused-ring (bicyclic) bond motifs is 1.